The lowest BCUT2D eigenvalue weighted by Gasteiger charge is -2.36. The first-order valence-electron chi connectivity index (χ1n) is 6.79. The van der Waals surface area contributed by atoms with Gasteiger partial charge in [-0.1, -0.05) is 20.3 Å². The fraction of sp³-hybridized carbons (Fsp3) is 1.00. The van der Waals surface area contributed by atoms with Crippen LogP contribution in [0.5, 0.6) is 0 Å². The summed E-state index contributed by atoms with van der Waals surface area (Å²) in [7, 11) is 0. The van der Waals surface area contributed by atoms with Crippen molar-refractivity contribution in [3.05, 3.63) is 0 Å². The molecule has 1 aliphatic carbocycles. The van der Waals surface area contributed by atoms with E-state index in [1.807, 2.05) is 0 Å². The Morgan fingerprint density at radius 2 is 2.13 bits per heavy atom. The molecule has 1 aliphatic heterocycles. The molecule has 1 heterocycles. The highest BCUT2D eigenvalue weighted by atomic mass is 15.2. The van der Waals surface area contributed by atoms with Crippen LogP contribution >= 0.6 is 0 Å². The molecule has 2 nitrogen and oxygen atoms in total. The van der Waals surface area contributed by atoms with Crippen molar-refractivity contribution in [3.63, 3.8) is 0 Å². The molecule has 88 valence electrons. The molecule has 1 saturated carbocycles. The average Bonchev–Trinajstić information content (AvgIpc) is 2.85. The summed E-state index contributed by atoms with van der Waals surface area (Å²) < 4.78 is 0. The number of hydrogen-bond acceptors (Lipinski definition) is 2. The van der Waals surface area contributed by atoms with E-state index >= 15 is 0 Å². The van der Waals surface area contributed by atoms with Crippen LogP contribution in [0.4, 0.5) is 0 Å². The Kier molecular flexibility index (Phi) is 4.04. The molecule has 0 amide bonds. The molecule has 0 aromatic heterocycles. The van der Waals surface area contributed by atoms with Crippen LogP contribution in [0.15, 0.2) is 0 Å². The molecule has 2 aliphatic rings. The smallest absolute Gasteiger partial charge is 0.0235 e. The Morgan fingerprint density at radius 3 is 2.67 bits per heavy atom. The molecule has 3 unspecified atom stereocenters. The van der Waals surface area contributed by atoms with Crippen LogP contribution in [0.3, 0.4) is 0 Å². The molecule has 15 heavy (non-hydrogen) atoms. The van der Waals surface area contributed by atoms with Gasteiger partial charge in [0.2, 0.25) is 0 Å². The lowest BCUT2D eigenvalue weighted by Crippen LogP contribution is -2.45. The van der Waals surface area contributed by atoms with Crippen LogP contribution in [0, 0.1) is 5.92 Å². The van der Waals surface area contributed by atoms with Crippen molar-refractivity contribution >= 4 is 0 Å². The van der Waals surface area contributed by atoms with Gasteiger partial charge in [0.05, 0.1) is 0 Å². The summed E-state index contributed by atoms with van der Waals surface area (Å²) in [5.74, 6) is 0.928. The van der Waals surface area contributed by atoms with Crippen molar-refractivity contribution in [3.8, 4) is 0 Å². The number of nitrogens with zero attached hydrogens (tertiary/aromatic N) is 1. The van der Waals surface area contributed by atoms with Crippen LogP contribution in [0.1, 0.15) is 46.0 Å². The minimum atomic E-state index is 0.829. The van der Waals surface area contributed by atoms with E-state index in [9.17, 15) is 0 Å². The standard InChI is InChI=1S/C13H26N2/c1-3-9-15(12-7-8-14-10-12)13-6-4-5-11(13)2/h11-14H,3-10H2,1-2H3. The minimum absolute atomic E-state index is 0.829. The van der Waals surface area contributed by atoms with Gasteiger partial charge in [-0.15, -0.1) is 0 Å². The summed E-state index contributed by atoms with van der Waals surface area (Å²) >= 11 is 0. The van der Waals surface area contributed by atoms with Crippen LogP contribution in [-0.4, -0.2) is 36.6 Å². The number of nitrogens with one attached hydrogen (secondary N) is 1. The first kappa shape index (κ1) is 11.4. The normalized spacial score (nSPS) is 36.6. The van der Waals surface area contributed by atoms with Gasteiger partial charge in [0, 0.05) is 18.6 Å². The number of hydrogen-bond donors (Lipinski definition) is 1. The summed E-state index contributed by atoms with van der Waals surface area (Å²) in [6, 6.07) is 1.71. The second-order valence-corrected chi connectivity index (χ2v) is 5.36. The molecule has 2 rings (SSSR count). The molecular formula is C13H26N2. The Bertz CT molecular complexity index is 187. The second kappa shape index (κ2) is 5.31. The van der Waals surface area contributed by atoms with Gasteiger partial charge in [-0.05, 0) is 44.7 Å². The first-order chi connectivity index (χ1) is 7.33. The summed E-state index contributed by atoms with van der Waals surface area (Å²) in [5, 5.41) is 3.51. The zero-order valence-corrected chi connectivity index (χ0v) is 10.3. The molecule has 1 saturated heterocycles. The highest BCUT2D eigenvalue weighted by Gasteiger charge is 2.33. The van der Waals surface area contributed by atoms with E-state index in [4.69, 9.17) is 0 Å². The first-order valence-corrected chi connectivity index (χ1v) is 6.79. The Labute approximate surface area is 94.4 Å². The summed E-state index contributed by atoms with van der Waals surface area (Å²) in [5.41, 5.74) is 0. The van der Waals surface area contributed by atoms with Crippen LogP contribution in [-0.2, 0) is 0 Å². The fourth-order valence-electron chi connectivity index (χ4n) is 3.42. The molecule has 3 atom stereocenters. The lowest BCUT2D eigenvalue weighted by atomic mass is 10.0. The van der Waals surface area contributed by atoms with Gasteiger partial charge in [-0.3, -0.25) is 4.90 Å². The fourth-order valence-corrected chi connectivity index (χ4v) is 3.42. The highest BCUT2D eigenvalue weighted by molar-refractivity contribution is 4.89. The van der Waals surface area contributed by atoms with Gasteiger partial charge < -0.3 is 5.32 Å². The van der Waals surface area contributed by atoms with E-state index in [2.05, 4.69) is 24.1 Å². The molecule has 0 aromatic rings. The predicted octanol–water partition coefficient (Wildman–Crippen LogP) is 2.25. The molecular weight excluding hydrogens is 184 g/mol. The maximum absolute atomic E-state index is 3.51. The van der Waals surface area contributed by atoms with Crippen molar-refractivity contribution < 1.29 is 0 Å². The van der Waals surface area contributed by atoms with Crippen LogP contribution < -0.4 is 5.32 Å². The van der Waals surface area contributed by atoms with Gasteiger partial charge in [0.25, 0.3) is 0 Å². The van der Waals surface area contributed by atoms with Gasteiger partial charge in [0.15, 0.2) is 0 Å². The van der Waals surface area contributed by atoms with E-state index in [0.717, 1.165) is 18.0 Å². The average molecular weight is 210 g/mol. The van der Waals surface area contributed by atoms with Crippen molar-refractivity contribution in [2.75, 3.05) is 19.6 Å². The lowest BCUT2D eigenvalue weighted by molar-refractivity contribution is 0.119. The molecule has 0 bridgehead atoms. The molecule has 0 radical (unpaired) electrons. The van der Waals surface area contributed by atoms with E-state index in [0.29, 0.717) is 0 Å². The number of rotatable bonds is 4. The van der Waals surface area contributed by atoms with Crippen LogP contribution in [0.2, 0.25) is 0 Å². The third-order valence-corrected chi connectivity index (χ3v) is 4.23. The topological polar surface area (TPSA) is 15.3 Å². The van der Waals surface area contributed by atoms with E-state index in [1.54, 1.807) is 0 Å². The van der Waals surface area contributed by atoms with Gasteiger partial charge in [-0.25, -0.2) is 0 Å². The molecule has 2 fully saturated rings. The largest absolute Gasteiger partial charge is 0.315 e. The zero-order valence-electron chi connectivity index (χ0n) is 10.3. The summed E-state index contributed by atoms with van der Waals surface area (Å²) in [4.78, 5) is 2.82. The Hall–Kier alpha value is -0.0800. The molecule has 1 N–H and O–H groups in total. The van der Waals surface area contributed by atoms with Crippen molar-refractivity contribution in [1.29, 1.82) is 0 Å². The van der Waals surface area contributed by atoms with E-state index in [-0.39, 0.29) is 0 Å². The Balaban J connectivity index is 1.97. The van der Waals surface area contributed by atoms with Crippen molar-refractivity contribution in [2.45, 2.75) is 58.0 Å². The maximum atomic E-state index is 3.51. The highest BCUT2D eigenvalue weighted by Crippen LogP contribution is 2.31. The quantitative estimate of drug-likeness (QED) is 0.765. The molecule has 0 spiro atoms. The van der Waals surface area contributed by atoms with Crippen molar-refractivity contribution in [2.24, 2.45) is 5.92 Å². The zero-order chi connectivity index (χ0) is 10.7. The van der Waals surface area contributed by atoms with E-state index < -0.39 is 0 Å². The maximum Gasteiger partial charge on any atom is 0.0235 e. The van der Waals surface area contributed by atoms with E-state index in [1.165, 1.54) is 51.7 Å². The monoisotopic (exact) mass is 210 g/mol. The second-order valence-electron chi connectivity index (χ2n) is 5.36. The van der Waals surface area contributed by atoms with Gasteiger partial charge in [-0.2, -0.15) is 0 Å². The summed E-state index contributed by atoms with van der Waals surface area (Å²) in [6.45, 7) is 8.52. The third kappa shape index (κ3) is 2.54. The van der Waals surface area contributed by atoms with Crippen LogP contribution in [0.25, 0.3) is 0 Å². The van der Waals surface area contributed by atoms with Crippen molar-refractivity contribution in [1.82, 2.24) is 10.2 Å². The third-order valence-electron chi connectivity index (χ3n) is 4.23. The van der Waals surface area contributed by atoms with Gasteiger partial charge >= 0.3 is 0 Å². The summed E-state index contributed by atoms with van der Waals surface area (Å²) in [6.07, 6.45) is 7.01. The molecule has 0 aromatic carbocycles. The minimum Gasteiger partial charge on any atom is -0.315 e. The van der Waals surface area contributed by atoms with Gasteiger partial charge in [0.1, 0.15) is 0 Å². The predicted molar refractivity (Wildman–Crippen MR) is 65.1 cm³/mol. The SMILES string of the molecule is CCCN(C1CCNC1)C1CCCC1C. The molecule has 2 heteroatoms. The Morgan fingerprint density at radius 1 is 1.27 bits per heavy atom.